The third-order valence-corrected chi connectivity index (χ3v) is 10.4. The van der Waals surface area contributed by atoms with Crippen molar-refractivity contribution in [2.75, 3.05) is 4.90 Å². The smallest absolute Gasteiger partial charge is 0.0545 e. The van der Waals surface area contributed by atoms with Crippen molar-refractivity contribution in [3.05, 3.63) is 173 Å². The highest BCUT2D eigenvalue weighted by molar-refractivity contribution is 5.99. The maximum atomic E-state index is 4.34. The van der Waals surface area contributed by atoms with Crippen LogP contribution < -0.4 is 4.90 Å². The number of para-hydroxylation sites is 2. The van der Waals surface area contributed by atoms with Gasteiger partial charge in [0.1, 0.15) is 0 Å². The van der Waals surface area contributed by atoms with Crippen LogP contribution in [-0.4, -0.2) is 4.57 Å². The number of aryl methyl sites for hydroxylation is 1. The molecule has 0 radical (unpaired) electrons. The van der Waals surface area contributed by atoms with E-state index in [1.54, 1.807) is 5.57 Å². The lowest BCUT2D eigenvalue weighted by atomic mass is 9.82. The topological polar surface area (TPSA) is 8.17 Å². The first-order chi connectivity index (χ1) is 24.5. The highest BCUT2D eigenvalue weighted by Crippen LogP contribution is 2.44. The lowest BCUT2D eigenvalue weighted by Gasteiger charge is -2.30. The Morgan fingerprint density at radius 3 is 2.12 bits per heavy atom. The van der Waals surface area contributed by atoms with E-state index in [0.717, 1.165) is 35.5 Å². The summed E-state index contributed by atoms with van der Waals surface area (Å²) < 4.78 is 2.41. The molecule has 7 rings (SSSR count). The minimum absolute atomic E-state index is 0.447. The maximum Gasteiger partial charge on any atom is 0.0545 e. The Morgan fingerprint density at radius 2 is 1.48 bits per heavy atom. The second-order valence-corrected chi connectivity index (χ2v) is 13.7. The van der Waals surface area contributed by atoms with Gasteiger partial charge < -0.3 is 9.47 Å². The van der Waals surface area contributed by atoms with Crippen molar-refractivity contribution in [1.29, 1.82) is 0 Å². The first-order valence-corrected chi connectivity index (χ1v) is 18.3. The molecule has 1 saturated carbocycles. The number of rotatable bonds is 11. The van der Waals surface area contributed by atoms with Gasteiger partial charge in [-0.2, -0.15) is 0 Å². The zero-order valence-electron chi connectivity index (χ0n) is 30.0. The molecule has 6 aromatic rings. The van der Waals surface area contributed by atoms with E-state index in [-0.39, 0.29) is 0 Å². The summed E-state index contributed by atoms with van der Waals surface area (Å²) in [4.78, 5) is 2.46. The second-order valence-electron chi connectivity index (χ2n) is 13.7. The molecule has 50 heavy (non-hydrogen) atoms. The molecule has 0 N–H and O–H groups in total. The van der Waals surface area contributed by atoms with Crippen LogP contribution in [0, 0.1) is 6.92 Å². The van der Waals surface area contributed by atoms with E-state index in [2.05, 4.69) is 177 Å². The zero-order chi connectivity index (χ0) is 34.6. The number of nitrogens with zero attached hydrogens (tertiary/aromatic N) is 2. The minimum atomic E-state index is 0.447. The van der Waals surface area contributed by atoms with Crippen LogP contribution in [0.3, 0.4) is 0 Å². The number of anilines is 3. The molecule has 0 aliphatic heterocycles. The predicted molar refractivity (Wildman–Crippen MR) is 217 cm³/mol. The summed E-state index contributed by atoms with van der Waals surface area (Å²) in [6, 6.07) is 44.6. The summed E-state index contributed by atoms with van der Waals surface area (Å²) in [5, 5.41) is 1.19. The Morgan fingerprint density at radius 1 is 0.820 bits per heavy atom. The van der Waals surface area contributed by atoms with Gasteiger partial charge in [-0.05, 0) is 122 Å². The van der Waals surface area contributed by atoms with Gasteiger partial charge in [0.05, 0.1) is 11.2 Å². The lowest BCUT2D eigenvalue weighted by molar-refractivity contribution is 0.665. The summed E-state index contributed by atoms with van der Waals surface area (Å²) in [6.07, 6.45) is 12.3. The van der Waals surface area contributed by atoms with E-state index in [1.807, 2.05) is 6.08 Å². The van der Waals surface area contributed by atoms with Gasteiger partial charge in [0.15, 0.2) is 0 Å². The first kappa shape index (κ1) is 33.2. The van der Waals surface area contributed by atoms with Gasteiger partial charge in [0.25, 0.3) is 0 Å². The van der Waals surface area contributed by atoms with Crippen LogP contribution in [0.2, 0.25) is 0 Å². The van der Waals surface area contributed by atoms with Gasteiger partial charge in [-0.15, -0.1) is 0 Å². The normalized spacial score (nSPS) is 13.4. The number of fused-ring (bicyclic) bond motifs is 1. The van der Waals surface area contributed by atoms with Gasteiger partial charge in [-0.1, -0.05) is 123 Å². The molecule has 2 nitrogen and oxygen atoms in total. The van der Waals surface area contributed by atoms with E-state index < -0.39 is 0 Å². The van der Waals surface area contributed by atoms with Gasteiger partial charge in [-0.3, -0.25) is 0 Å². The largest absolute Gasteiger partial charge is 0.310 e. The molecule has 5 aromatic carbocycles. The first-order valence-electron chi connectivity index (χ1n) is 18.3. The second kappa shape index (κ2) is 14.6. The Bertz CT molecular complexity index is 2170. The third-order valence-electron chi connectivity index (χ3n) is 10.4. The number of benzene rings is 5. The molecule has 1 fully saturated rings. The van der Waals surface area contributed by atoms with E-state index in [9.17, 15) is 0 Å². The highest BCUT2D eigenvalue weighted by atomic mass is 15.1. The zero-order valence-corrected chi connectivity index (χ0v) is 30.0. The molecule has 0 spiro atoms. The van der Waals surface area contributed by atoms with Crippen LogP contribution in [-0.2, 0) is 0 Å². The molecular formula is C48H48N2. The van der Waals surface area contributed by atoms with E-state index in [1.165, 1.54) is 69.4 Å². The fourth-order valence-corrected chi connectivity index (χ4v) is 7.77. The van der Waals surface area contributed by atoms with Crippen LogP contribution in [0.4, 0.5) is 17.1 Å². The monoisotopic (exact) mass is 652 g/mol. The average Bonchev–Trinajstić information content (AvgIpc) is 3.42. The fraction of sp³-hybridized carbons (Fsp3) is 0.208. The van der Waals surface area contributed by atoms with Gasteiger partial charge >= 0.3 is 0 Å². The SMILES string of the molecule is C=Cc1c(/C=C\C)n(-c2ccc(C(=C3CCC3)c3ccccc3)cc2)c2cc(C)c(N(c3ccccc3)c3ccccc3C(C)CCC)cc12. The average molecular weight is 653 g/mol. The molecular weight excluding hydrogens is 605 g/mol. The summed E-state index contributed by atoms with van der Waals surface area (Å²) in [5.74, 6) is 0.447. The van der Waals surface area contributed by atoms with Crippen LogP contribution in [0.15, 0.2) is 140 Å². The molecule has 1 heterocycles. The van der Waals surface area contributed by atoms with Gasteiger partial charge in [0, 0.05) is 33.7 Å². The maximum absolute atomic E-state index is 4.34. The van der Waals surface area contributed by atoms with Crippen molar-refractivity contribution >= 4 is 45.7 Å². The van der Waals surface area contributed by atoms with Crippen molar-refractivity contribution in [2.24, 2.45) is 0 Å². The molecule has 0 amide bonds. The highest BCUT2D eigenvalue weighted by Gasteiger charge is 2.24. The molecule has 1 unspecified atom stereocenters. The van der Waals surface area contributed by atoms with E-state index in [0.29, 0.717) is 5.92 Å². The van der Waals surface area contributed by atoms with Crippen LogP contribution in [0.25, 0.3) is 34.3 Å². The number of hydrogen-bond acceptors (Lipinski definition) is 1. The summed E-state index contributed by atoms with van der Waals surface area (Å²) in [7, 11) is 0. The van der Waals surface area contributed by atoms with Crippen molar-refractivity contribution < 1.29 is 0 Å². The third kappa shape index (κ3) is 6.16. The molecule has 2 heteroatoms. The predicted octanol–water partition coefficient (Wildman–Crippen LogP) is 14.0. The number of hydrogen-bond donors (Lipinski definition) is 0. The molecule has 1 atom stereocenters. The lowest BCUT2D eigenvalue weighted by Crippen LogP contribution is -2.14. The summed E-state index contributed by atoms with van der Waals surface area (Å²) in [5.41, 5.74) is 16.4. The molecule has 0 saturated heterocycles. The van der Waals surface area contributed by atoms with Crippen LogP contribution >= 0.6 is 0 Å². The molecule has 1 aliphatic rings. The Balaban J connectivity index is 1.41. The fourth-order valence-electron chi connectivity index (χ4n) is 7.77. The van der Waals surface area contributed by atoms with Crippen LogP contribution in [0.5, 0.6) is 0 Å². The quantitative estimate of drug-likeness (QED) is 0.135. The molecule has 1 aromatic heterocycles. The van der Waals surface area contributed by atoms with Crippen molar-refractivity contribution in [3.63, 3.8) is 0 Å². The van der Waals surface area contributed by atoms with Crippen molar-refractivity contribution in [1.82, 2.24) is 4.57 Å². The van der Waals surface area contributed by atoms with E-state index >= 15 is 0 Å². The standard InChI is InChI=1S/C48H48N2/c1-6-18-34(4)42-26-15-16-27-45(42)49(39-24-13-10-14-25-39)46-33-43-41(8-3)44(19-7-2)50(47(43)32-35(46)5)40-30-28-38(29-31-40)48(37-22-17-23-37)36-20-11-9-12-21-36/h7-16,19-21,24-34H,3,6,17-18,22-23H2,1-2,4-5H3/b19-7-. The molecule has 250 valence electrons. The van der Waals surface area contributed by atoms with Gasteiger partial charge in [-0.25, -0.2) is 0 Å². The van der Waals surface area contributed by atoms with Crippen molar-refractivity contribution in [3.8, 4) is 5.69 Å². The minimum Gasteiger partial charge on any atom is -0.310 e. The van der Waals surface area contributed by atoms with Crippen LogP contribution in [0.1, 0.15) is 92.3 Å². The summed E-state index contributed by atoms with van der Waals surface area (Å²) in [6.45, 7) is 13.3. The molecule has 0 bridgehead atoms. The summed E-state index contributed by atoms with van der Waals surface area (Å²) >= 11 is 0. The van der Waals surface area contributed by atoms with E-state index in [4.69, 9.17) is 0 Å². The number of allylic oxidation sites excluding steroid dienone is 2. The molecule has 1 aliphatic carbocycles. The Labute approximate surface area is 298 Å². The van der Waals surface area contributed by atoms with Gasteiger partial charge in [0.2, 0.25) is 0 Å². The van der Waals surface area contributed by atoms with Crippen molar-refractivity contribution in [2.45, 2.75) is 65.7 Å². The Hall–Kier alpha value is -5.34. The Kier molecular flexibility index (Phi) is 9.72. The number of aromatic nitrogens is 1.